The first-order valence-corrected chi connectivity index (χ1v) is 19.1. The van der Waals surface area contributed by atoms with Gasteiger partial charge in [-0.2, -0.15) is 0 Å². The second-order valence-electron chi connectivity index (χ2n) is 13.9. The Balaban J connectivity index is 1.04. The van der Waals surface area contributed by atoms with Crippen LogP contribution in [0.25, 0.3) is 22.6 Å². The molecular weight excluding hydrogens is 752 g/mol. The fraction of sp³-hybridized carbons (Fsp3) is 0.289. The Morgan fingerprint density at radius 2 is 1.62 bits per heavy atom. The highest BCUT2D eigenvalue weighted by atomic mass is 19.4. The lowest BCUT2D eigenvalue weighted by molar-refractivity contribution is -0.274. The topological polar surface area (TPSA) is 113 Å². The van der Waals surface area contributed by atoms with E-state index in [2.05, 4.69) is 20.7 Å². The van der Waals surface area contributed by atoms with E-state index in [1.807, 2.05) is 60.7 Å². The van der Waals surface area contributed by atoms with Gasteiger partial charge in [-0.1, -0.05) is 48.5 Å². The monoisotopic (exact) mass is 793 g/mol. The molecule has 0 saturated carbocycles. The first-order chi connectivity index (χ1) is 28.1. The number of pyridine rings is 1. The van der Waals surface area contributed by atoms with E-state index in [1.54, 1.807) is 25.1 Å². The summed E-state index contributed by atoms with van der Waals surface area (Å²) in [6.45, 7) is 3.84. The van der Waals surface area contributed by atoms with Gasteiger partial charge in [0.15, 0.2) is 5.58 Å². The summed E-state index contributed by atoms with van der Waals surface area (Å²) >= 11 is 0. The van der Waals surface area contributed by atoms with Crippen LogP contribution in [0.2, 0.25) is 0 Å². The van der Waals surface area contributed by atoms with E-state index in [9.17, 15) is 22.8 Å². The molecule has 300 valence electrons. The van der Waals surface area contributed by atoms with Gasteiger partial charge >= 0.3 is 18.3 Å². The van der Waals surface area contributed by atoms with Crippen molar-refractivity contribution >= 4 is 23.0 Å². The van der Waals surface area contributed by atoms with Gasteiger partial charge in [-0.15, -0.1) is 13.2 Å². The normalized spacial score (nSPS) is 13.9. The van der Waals surface area contributed by atoms with E-state index in [4.69, 9.17) is 23.6 Å². The Labute approximate surface area is 333 Å². The van der Waals surface area contributed by atoms with Gasteiger partial charge in [0.1, 0.15) is 29.3 Å². The number of aryl methyl sites for hydroxylation is 1. The molecule has 6 aromatic rings. The van der Waals surface area contributed by atoms with Crippen molar-refractivity contribution in [3.63, 3.8) is 0 Å². The molecule has 1 aliphatic carbocycles. The number of oxazole rings is 1. The second kappa shape index (κ2) is 17.9. The summed E-state index contributed by atoms with van der Waals surface area (Å²) < 4.78 is 64.3. The standard InChI is InChI=1S/C45H42F3N3O7/c1-3-55-44(53)37-21-20-35-36(49-37)8-6-9-39(35)51(25-23-29-11-17-33(18-12-29)43(52)54-2)26-24-31-7-4-5-10-40(31)56-28-30-13-15-32(16-14-30)42-50-38-27-34(58-45(46,47)48)19-22-41(38)57-42/h4-5,7,10-22,27,39H,3,6,8-9,23-26,28H2,1-2H3. The van der Waals surface area contributed by atoms with Crippen LogP contribution in [0.15, 0.2) is 108 Å². The van der Waals surface area contributed by atoms with Crippen molar-refractivity contribution in [3.8, 4) is 23.0 Å². The molecule has 0 aliphatic heterocycles. The lowest BCUT2D eigenvalue weighted by atomic mass is 9.89. The Hall–Kier alpha value is -6.21. The molecule has 58 heavy (non-hydrogen) atoms. The Bertz CT molecular complexity index is 2360. The third kappa shape index (κ3) is 9.83. The summed E-state index contributed by atoms with van der Waals surface area (Å²) in [5.74, 6) is -0.120. The minimum Gasteiger partial charge on any atom is -0.489 e. The van der Waals surface area contributed by atoms with Gasteiger partial charge in [-0.05, 0) is 110 Å². The Morgan fingerprint density at radius 3 is 2.38 bits per heavy atom. The summed E-state index contributed by atoms with van der Waals surface area (Å²) in [5.41, 5.74) is 7.18. The molecule has 4 aromatic carbocycles. The largest absolute Gasteiger partial charge is 0.573 e. The van der Waals surface area contributed by atoms with Gasteiger partial charge in [-0.25, -0.2) is 19.6 Å². The van der Waals surface area contributed by atoms with E-state index < -0.39 is 12.3 Å². The number of carbonyl (C=O) groups is 2. The van der Waals surface area contributed by atoms with Crippen LogP contribution in [0.5, 0.6) is 11.5 Å². The van der Waals surface area contributed by atoms with E-state index in [0.717, 1.165) is 72.5 Å². The maximum atomic E-state index is 12.7. The summed E-state index contributed by atoms with van der Waals surface area (Å²) in [5, 5.41) is 0. The maximum Gasteiger partial charge on any atom is 0.573 e. The number of fused-ring (bicyclic) bond motifs is 2. The molecule has 2 heterocycles. The van der Waals surface area contributed by atoms with E-state index in [-0.39, 0.29) is 35.8 Å². The third-order valence-corrected chi connectivity index (χ3v) is 10.1. The zero-order valence-corrected chi connectivity index (χ0v) is 32.1. The molecule has 1 atom stereocenters. The number of benzene rings is 4. The molecule has 10 nitrogen and oxygen atoms in total. The lowest BCUT2D eigenvalue weighted by Gasteiger charge is -2.36. The number of aromatic nitrogens is 2. The fourth-order valence-electron chi connectivity index (χ4n) is 7.20. The van der Waals surface area contributed by atoms with Crippen molar-refractivity contribution < 1.29 is 46.1 Å². The third-order valence-electron chi connectivity index (χ3n) is 10.1. The van der Waals surface area contributed by atoms with Crippen LogP contribution in [-0.2, 0) is 35.3 Å². The number of hydrogen-bond donors (Lipinski definition) is 0. The number of methoxy groups -OCH3 is 1. The van der Waals surface area contributed by atoms with Crippen LogP contribution < -0.4 is 9.47 Å². The lowest BCUT2D eigenvalue weighted by Crippen LogP contribution is -2.35. The van der Waals surface area contributed by atoms with Crippen LogP contribution in [0.4, 0.5) is 13.2 Å². The number of nitrogens with zero attached hydrogens (tertiary/aromatic N) is 3. The zero-order valence-electron chi connectivity index (χ0n) is 32.1. The van der Waals surface area contributed by atoms with Gasteiger partial charge in [0, 0.05) is 36.5 Å². The predicted molar refractivity (Wildman–Crippen MR) is 210 cm³/mol. The van der Waals surface area contributed by atoms with Crippen molar-refractivity contribution in [1.29, 1.82) is 0 Å². The molecule has 1 aliphatic rings. The van der Waals surface area contributed by atoms with Crippen molar-refractivity contribution in [2.24, 2.45) is 0 Å². The highest BCUT2D eigenvalue weighted by molar-refractivity contribution is 5.89. The molecule has 0 N–H and O–H groups in total. The van der Waals surface area contributed by atoms with Gasteiger partial charge in [-0.3, -0.25) is 4.90 Å². The quantitative estimate of drug-likeness (QED) is 0.0932. The molecular formula is C45H42F3N3O7. The van der Waals surface area contributed by atoms with Gasteiger partial charge in [0.2, 0.25) is 5.89 Å². The minimum atomic E-state index is -4.80. The first kappa shape index (κ1) is 40.0. The number of halogens is 3. The second-order valence-corrected chi connectivity index (χ2v) is 13.9. The summed E-state index contributed by atoms with van der Waals surface area (Å²) in [6.07, 6.45) is -0.668. The van der Waals surface area contributed by atoms with Crippen molar-refractivity contribution in [2.75, 3.05) is 26.8 Å². The van der Waals surface area contributed by atoms with Crippen LogP contribution in [0.1, 0.15) is 74.6 Å². The van der Waals surface area contributed by atoms with E-state index in [1.165, 1.54) is 25.3 Å². The van der Waals surface area contributed by atoms with Gasteiger partial charge in [0.05, 0.1) is 19.3 Å². The molecule has 2 aromatic heterocycles. The molecule has 0 fully saturated rings. The smallest absolute Gasteiger partial charge is 0.489 e. The van der Waals surface area contributed by atoms with Gasteiger partial charge < -0.3 is 23.4 Å². The molecule has 1 unspecified atom stereocenters. The van der Waals surface area contributed by atoms with Crippen LogP contribution >= 0.6 is 0 Å². The van der Waals surface area contributed by atoms with Crippen LogP contribution in [0.3, 0.4) is 0 Å². The number of carbonyl (C=O) groups excluding carboxylic acids is 2. The number of ether oxygens (including phenoxy) is 4. The number of esters is 2. The number of alkyl halides is 3. The highest BCUT2D eigenvalue weighted by Gasteiger charge is 2.31. The molecule has 0 radical (unpaired) electrons. The highest BCUT2D eigenvalue weighted by Crippen LogP contribution is 2.35. The fourth-order valence-corrected chi connectivity index (χ4v) is 7.20. The number of hydrogen-bond acceptors (Lipinski definition) is 10. The zero-order chi connectivity index (χ0) is 40.6. The van der Waals surface area contributed by atoms with Crippen molar-refractivity contribution in [2.45, 2.75) is 58.0 Å². The van der Waals surface area contributed by atoms with Gasteiger partial charge in [0.25, 0.3) is 0 Å². The molecule has 0 amide bonds. The molecule has 0 spiro atoms. The predicted octanol–water partition coefficient (Wildman–Crippen LogP) is 9.50. The van der Waals surface area contributed by atoms with Crippen molar-refractivity contribution in [3.05, 3.63) is 142 Å². The minimum absolute atomic E-state index is 0.0879. The molecule has 13 heteroatoms. The molecule has 0 saturated heterocycles. The van der Waals surface area contributed by atoms with Crippen LogP contribution in [-0.4, -0.2) is 60.0 Å². The Kier molecular flexibility index (Phi) is 12.4. The average Bonchev–Trinajstić information content (AvgIpc) is 3.66. The number of para-hydroxylation sites is 1. The van der Waals surface area contributed by atoms with Crippen LogP contribution in [0, 0.1) is 0 Å². The number of rotatable bonds is 15. The molecule has 0 bridgehead atoms. The van der Waals surface area contributed by atoms with Crippen molar-refractivity contribution in [1.82, 2.24) is 14.9 Å². The first-order valence-electron chi connectivity index (χ1n) is 19.1. The summed E-state index contributed by atoms with van der Waals surface area (Å²) in [7, 11) is 1.37. The van der Waals surface area contributed by atoms with E-state index >= 15 is 0 Å². The summed E-state index contributed by atoms with van der Waals surface area (Å²) in [6, 6.07) is 30.6. The maximum absolute atomic E-state index is 12.7. The molecule has 7 rings (SSSR count). The average molecular weight is 794 g/mol. The SMILES string of the molecule is CCOC(=O)c1ccc2c(n1)CCCC2N(CCc1ccc(C(=O)OC)cc1)CCc1ccccc1OCc1ccc(-c2nc3cc(OC(F)(F)F)ccc3o2)cc1. The Morgan fingerprint density at radius 1 is 0.862 bits per heavy atom. The van der Waals surface area contributed by atoms with E-state index in [0.29, 0.717) is 35.4 Å². The summed E-state index contributed by atoms with van der Waals surface area (Å²) in [4.78, 5) is 36.1.